The topological polar surface area (TPSA) is 90.3 Å². The van der Waals surface area contributed by atoms with Gasteiger partial charge in [-0.25, -0.2) is 4.79 Å². The van der Waals surface area contributed by atoms with Crippen molar-refractivity contribution in [2.45, 2.75) is 26.4 Å². The molecule has 0 aliphatic heterocycles. The van der Waals surface area contributed by atoms with Gasteiger partial charge in [0.15, 0.2) is 5.78 Å². The molecule has 0 amide bonds. The molecule has 2 aromatic heterocycles. The van der Waals surface area contributed by atoms with Gasteiger partial charge >= 0.3 is 5.69 Å². The van der Waals surface area contributed by atoms with E-state index >= 15 is 0 Å². The van der Waals surface area contributed by atoms with E-state index in [4.69, 9.17) is 5.73 Å². The summed E-state index contributed by atoms with van der Waals surface area (Å²) in [6.07, 6.45) is 0.675. The van der Waals surface area contributed by atoms with Gasteiger partial charge in [-0.2, -0.15) is 0 Å². The molecule has 0 atom stereocenters. The van der Waals surface area contributed by atoms with E-state index in [1.54, 1.807) is 18.4 Å². The smallest absolute Gasteiger partial charge is 0.332 e. The highest BCUT2D eigenvalue weighted by Gasteiger charge is 2.22. The zero-order valence-corrected chi connectivity index (χ0v) is 14.9. The molecule has 0 aromatic carbocycles. The van der Waals surface area contributed by atoms with Gasteiger partial charge < -0.3 is 5.73 Å². The lowest BCUT2D eigenvalue weighted by Gasteiger charge is -2.17. The highest BCUT2D eigenvalue weighted by atomic mass is 32.1. The highest BCUT2D eigenvalue weighted by Crippen LogP contribution is 2.12. The number of likely N-dealkylation sites (N-methyl/N-ethyl adjacent to an activating group) is 1. The number of carbonyl (C=O) groups excluding carboxylic acids is 1. The SMILES string of the molecule is CCCn1c(N)c(C(=O)CN(C)Cc2cccs2)c(=O)n(C)c1=O. The molecule has 0 fully saturated rings. The van der Waals surface area contributed by atoms with Gasteiger partial charge in [0.25, 0.3) is 5.56 Å². The highest BCUT2D eigenvalue weighted by molar-refractivity contribution is 7.09. The summed E-state index contributed by atoms with van der Waals surface area (Å²) in [5, 5.41) is 1.97. The number of anilines is 1. The summed E-state index contributed by atoms with van der Waals surface area (Å²) in [6.45, 7) is 2.93. The molecule has 8 heteroatoms. The van der Waals surface area contributed by atoms with Crippen molar-refractivity contribution in [3.63, 3.8) is 0 Å². The second kappa shape index (κ2) is 7.59. The van der Waals surface area contributed by atoms with Crippen LogP contribution in [0.4, 0.5) is 5.82 Å². The molecule has 2 N–H and O–H groups in total. The molecule has 2 aromatic rings. The number of Topliss-reactive ketones (excluding diaryl/α,β-unsaturated/α-hetero) is 1. The molecule has 0 bridgehead atoms. The summed E-state index contributed by atoms with van der Waals surface area (Å²) in [6, 6.07) is 3.94. The minimum absolute atomic E-state index is 0.0422. The molecule has 7 nitrogen and oxygen atoms in total. The molecule has 0 aliphatic rings. The molecule has 0 saturated carbocycles. The maximum atomic E-state index is 12.6. The van der Waals surface area contributed by atoms with Crippen LogP contribution in [0, 0.1) is 0 Å². The normalized spacial score (nSPS) is 11.2. The first-order chi connectivity index (χ1) is 11.4. The van der Waals surface area contributed by atoms with Crippen LogP contribution in [0.2, 0.25) is 0 Å². The van der Waals surface area contributed by atoms with Gasteiger partial charge in [-0.15, -0.1) is 11.3 Å². The molecule has 0 unspecified atom stereocenters. The molecule has 130 valence electrons. The minimum atomic E-state index is -0.639. The second-order valence-corrected chi connectivity index (χ2v) is 6.77. The van der Waals surface area contributed by atoms with Crippen LogP contribution in [0.1, 0.15) is 28.6 Å². The average Bonchev–Trinajstić information content (AvgIpc) is 3.02. The number of hydrogen-bond acceptors (Lipinski definition) is 6. The Balaban J connectivity index is 2.32. The van der Waals surface area contributed by atoms with Gasteiger partial charge in [0.1, 0.15) is 11.4 Å². The van der Waals surface area contributed by atoms with Gasteiger partial charge in [-0.3, -0.25) is 23.6 Å². The first-order valence-electron chi connectivity index (χ1n) is 7.70. The third-order valence-corrected chi connectivity index (χ3v) is 4.59. The zero-order valence-electron chi connectivity index (χ0n) is 14.1. The van der Waals surface area contributed by atoms with E-state index in [0.29, 0.717) is 19.5 Å². The third-order valence-electron chi connectivity index (χ3n) is 3.73. The molecular weight excluding hydrogens is 328 g/mol. The fraction of sp³-hybridized carbons (Fsp3) is 0.438. The van der Waals surface area contributed by atoms with Crippen molar-refractivity contribution in [1.29, 1.82) is 0 Å². The van der Waals surface area contributed by atoms with E-state index < -0.39 is 11.2 Å². The van der Waals surface area contributed by atoms with E-state index in [9.17, 15) is 14.4 Å². The number of carbonyl (C=O) groups is 1. The molecule has 2 rings (SSSR count). The predicted octanol–water partition coefficient (Wildman–Crippen LogP) is 0.915. The molecule has 2 heterocycles. The molecule has 0 radical (unpaired) electrons. The number of nitrogens with two attached hydrogens (primary N) is 1. The van der Waals surface area contributed by atoms with Crippen LogP contribution in [-0.4, -0.2) is 33.4 Å². The van der Waals surface area contributed by atoms with Crippen molar-refractivity contribution < 1.29 is 4.79 Å². The monoisotopic (exact) mass is 350 g/mol. The molecule has 0 aliphatic carbocycles. The summed E-state index contributed by atoms with van der Waals surface area (Å²) < 4.78 is 2.23. The van der Waals surface area contributed by atoms with Crippen molar-refractivity contribution >= 4 is 22.9 Å². The Bertz CT molecular complexity index is 836. The summed E-state index contributed by atoms with van der Waals surface area (Å²) >= 11 is 1.60. The van der Waals surface area contributed by atoms with Crippen LogP contribution >= 0.6 is 11.3 Å². The maximum Gasteiger partial charge on any atom is 0.332 e. The summed E-state index contributed by atoms with van der Waals surface area (Å²) in [5.74, 6) is -0.420. The van der Waals surface area contributed by atoms with Gasteiger partial charge in [0.2, 0.25) is 0 Å². The molecular formula is C16H22N4O3S. The second-order valence-electron chi connectivity index (χ2n) is 5.73. The molecule has 0 spiro atoms. The van der Waals surface area contributed by atoms with Crippen LogP contribution in [0.15, 0.2) is 27.1 Å². The van der Waals surface area contributed by atoms with E-state index in [1.807, 2.05) is 29.3 Å². The Morgan fingerprint density at radius 2 is 2.08 bits per heavy atom. The number of hydrogen-bond donors (Lipinski definition) is 1. The number of nitrogens with zero attached hydrogens (tertiary/aromatic N) is 3. The van der Waals surface area contributed by atoms with Crippen LogP contribution in [0.3, 0.4) is 0 Å². The van der Waals surface area contributed by atoms with Crippen molar-refractivity contribution in [1.82, 2.24) is 14.0 Å². The van der Waals surface area contributed by atoms with E-state index in [1.165, 1.54) is 11.6 Å². The standard InChI is InChI=1S/C16H22N4O3S/c1-4-7-20-14(17)13(15(22)19(3)16(20)23)12(21)10-18(2)9-11-6-5-8-24-11/h5-6,8H,4,7,9-10,17H2,1-3H3. The zero-order chi connectivity index (χ0) is 17.9. The number of thiophene rings is 1. The van der Waals surface area contributed by atoms with Crippen molar-refractivity contribution in [3.8, 4) is 0 Å². The van der Waals surface area contributed by atoms with Crippen molar-refractivity contribution in [2.75, 3.05) is 19.3 Å². The van der Waals surface area contributed by atoms with Crippen LogP contribution in [0.25, 0.3) is 0 Å². The van der Waals surface area contributed by atoms with E-state index in [-0.39, 0.29) is 23.7 Å². The first-order valence-corrected chi connectivity index (χ1v) is 8.58. The lowest BCUT2D eigenvalue weighted by atomic mass is 10.1. The van der Waals surface area contributed by atoms with Gasteiger partial charge in [-0.1, -0.05) is 13.0 Å². The first kappa shape index (κ1) is 18.2. The Labute approximate surface area is 143 Å². The quantitative estimate of drug-likeness (QED) is 0.750. The van der Waals surface area contributed by atoms with E-state index in [2.05, 4.69) is 0 Å². The Morgan fingerprint density at radius 1 is 1.38 bits per heavy atom. The van der Waals surface area contributed by atoms with Gasteiger partial charge in [0.05, 0.1) is 6.54 Å². The maximum absolute atomic E-state index is 12.6. The Kier molecular flexibility index (Phi) is 5.74. The molecule has 0 saturated heterocycles. The Morgan fingerprint density at radius 3 is 2.67 bits per heavy atom. The predicted molar refractivity (Wildman–Crippen MR) is 95.6 cm³/mol. The van der Waals surface area contributed by atoms with E-state index in [0.717, 1.165) is 9.44 Å². The van der Waals surface area contributed by atoms with Crippen LogP contribution in [0.5, 0.6) is 0 Å². The lowest BCUT2D eigenvalue weighted by Crippen LogP contribution is -2.43. The summed E-state index contributed by atoms with van der Waals surface area (Å²) in [4.78, 5) is 40.0. The van der Waals surface area contributed by atoms with Crippen molar-refractivity contribution in [3.05, 3.63) is 48.8 Å². The fourth-order valence-electron chi connectivity index (χ4n) is 2.53. The molecule has 24 heavy (non-hydrogen) atoms. The lowest BCUT2D eigenvalue weighted by molar-refractivity contribution is 0.0941. The average molecular weight is 350 g/mol. The minimum Gasteiger partial charge on any atom is -0.384 e. The summed E-state index contributed by atoms with van der Waals surface area (Å²) in [5.41, 5.74) is 4.72. The summed E-state index contributed by atoms with van der Waals surface area (Å²) in [7, 11) is 3.17. The van der Waals surface area contributed by atoms with Crippen LogP contribution < -0.4 is 17.0 Å². The van der Waals surface area contributed by atoms with Gasteiger partial charge in [-0.05, 0) is 24.9 Å². The number of rotatable bonds is 7. The Hall–Kier alpha value is -2.19. The largest absolute Gasteiger partial charge is 0.384 e. The fourth-order valence-corrected chi connectivity index (χ4v) is 3.32. The van der Waals surface area contributed by atoms with Gasteiger partial charge in [0, 0.05) is 25.0 Å². The third kappa shape index (κ3) is 3.65. The van der Waals surface area contributed by atoms with Crippen LogP contribution in [-0.2, 0) is 20.1 Å². The number of ketones is 1. The van der Waals surface area contributed by atoms with Crippen molar-refractivity contribution in [2.24, 2.45) is 7.05 Å². The number of aromatic nitrogens is 2. The number of nitrogen functional groups attached to an aromatic ring is 1.